The van der Waals surface area contributed by atoms with Crippen molar-refractivity contribution in [3.8, 4) is 0 Å². The van der Waals surface area contributed by atoms with Crippen molar-refractivity contribution in [2.75, 3.05) is 16.8 Å². The first-order valence-electron chi connectivity index (χ1n) is 6.45. The Labute approximate surface area is 128 Å². The van der Waals surface area contributed by atoms with Crippen LogP contribution in [0.3, 0.4) is 0 Å². The van der Waals surface area contributed by atoms with Gasteiger partial charge in [0.05, 0.1) is 0 Å². The molecule has 2 amide bonds. The molecule has 0 spiro atoms. The van der Waals surface area contributed by atoms with Crippen LogP contribution >= 0.6 is 11.6 Å². The number of nitrogens with zero attached hydrogens (tertiary/aromatic N) is 1. The molecule has 0 unspecified atom stereocenters. The highest BCUT2D eigenvalue weighted by Gasteiger charge is 2.15. The molecule has 0 bridgehead atoms. The van der Waals surface area contributed by atoms with Gasteiger partial charge in [-0.2, -0.15) is 0 Å². The molecule has 1 N–H and O–H groups in total. The van der Waals surface area contributed by atoms with Crippen LogP contribution in [0, 0.1) is 0 Å². The van der Waals surface area contributed by atoms with Crippen LogP contribution < -0.4 is 10.2 Å². The number of rotatable bonds is 4. The Morgan fingerprint density at radius 2 is 1.67 bits per heavy atom. The van der Waals surface area contributed by atoms with Crippen molar-refractivity contribution >= 4 is 34.8 Å². The van der Waals surface area contributed by atoms with Crippen molar-refractivity contribution < 1.29 is 9.59 Å². The molecule has 2 aromatic rings. The SMILES string of the molecule is CC(=O)N(CC(=O)Nc1ccc(Cl)cc1)c1ccccc1. The third kappa shape index (κ3) is 4.33. The number of anilines is 2. The Morgan fingerprint density at radius 3 is 2.24 bits per heavy atom. The summed E-state index contributed by atoms with van der Waals surface area (Å²) in [5, 5.41) is 3.33. The van der Waals surface area contributed by atoms with Gasteiger partial charge >= 0.3 is 0 Å². The summed E-state index contributed by atoms with van der Waals surface area (Å²) >= 11 is 5.79. The molecule has 2 rings (SSSR count). The van der Waals surface area contributed by atoms with Gasteiger partial charge in [-0.05, 0) is 36.4 Å². The van der Waals surface area contributed by atoms with E-state index in [9.17, 15) is 9.59 Å². The van der Waals surface area contributed by atoms with E-state index in [4.69, 9.17) is 11.6 Å². The number of hydrogen-bond donors (Lipinski definition) is 1. The molecule has 0 heterocycles. The molecule has 0 radical (unpaired) electrons. The van der Waals surface area contributed by atoms with Crippen molar-refractivity contribution in [2.45, 2.75) is 6.92 Å². The largest absolute Gasteiger partial charge is 0.325 e. The third-order valence-electron chi connectivity index (χ3n) is 2.88. The molecule has 0 aliphatic rings. The molecular formula is C16H15ClN2O2. The fraction of sp³-hybridized carbons (Fsp3) is 0.125. The molecule has 0 saturated carbocycles. The summed E-state index contributed by atoms with van der Waals surface area (Å²) in [5.74, 6) is -0.455. The molecule has 0 aliphatic carbocycles. The normalized spacial score (nSPS) is 10.0. The predicted molar refractivity (Wildman–Crippen MR) is 84.6 cm³/mol. The number of nitrogens with one attached hydrogen (secondary N) is 1. The average molecular weight is 303 g/mol. The Morgan fingerprint density at radius 1 is 1.05 bits per heavy atom. The van der Waals surface area contributed by atoms with Gasteiger partial charge in [0.1, 0.15) is 6.54 Å². The summed E-state index contributed by atoms with van der Waals surface area (Å²) < 4.78 is 0. The minimum Gasteiger partial charge on any atom is -0.325 e. The highest BCUT2D eigenvalue weighted by Crippen LogP contribution is 2.15. The summed E-state index contributed by atoms with van der Waals surface area (Å²) in [7, 11) is 0. The number of para-hydroxylation sites is 1. The van der Waals surface area contributed by atoms with Gasteiger partial charge in [0.2, 0.25) is 11.8 Å². The van der Waals surface area contributed by atoms with Crippen LogP contribution in [-0.2, 0) is 9.59 Å². The Bertz CT molecular complexity index is 626. The zero-order valence-electron chi connectivity index (χ0n) is 11.5. The fourth-order valence-corrected chi connectivity index (χ4v) is 2.00. The quantitative estimate of drug-likeness (QED) is 0.942. The molecule has 0 aromatic heterocycles. The van der Waals surface area contributed by atoms with Crippen LogP contribution in [-0.4, -0.2) is 18.4 Å². The first kappa shape index (κ1) is 15.1. The number of carbonyl (C=O) groups excluding carboxylic acids is 2. The van der Waals surface area contributed by atoms with Crippen LogP contribution in [0.5, 0.6) is 0 Å². The van der Waals surface area contributed by atoms with E-state index in [1.54, 1.807) is 36.4 Å². The third-order valence-corrected chi connectivity index (χ3v) is 3.13. The first-order chi connectivity index (χ1) is 10.1. The Hall–Kier alpha value is -2.33. The molecular weight excluding hydrogens is 288 g/mol. The van der Waals surface area contributed by atoms with Gasteiger partial charge in [0.25, 0.3) is 0 Å². The molecule has 0 aliphatic heterocycles. The lowest BCUT2D eigenvalue weighted by molar-refractivity contribution is -0.120. The van der Waals surface area contributed by atoms with Gasteiger partial charge in [-0.1, -0.05) is 29.8 Å². The second kappa shape index (κ2) is 6.90. The van der Waals surface area contributed by atoms with Crippen LogP contribution in [0.1, 0.15) is 6.92 Å². The van der Waals surface area contributed by atoms with Crippen molar-refractivity contribution in [1.82, 2.24) is 0 Å². The fourth-order valence-electron chi connectivity index (χ4n) is 1.87. The minimum atomic E-state index is -0.267. The molecule has 21 heavy (non-hydrogen) atoms. The molecule has 0 saturated heterocycles. The maximum absolute atomic E-state index is 12.0. The number of amides is 2. The van der Waals surface area contributed by atoms with Gasteiger partial charge in [-0.25, -0.2) is 0 Å². The number of carbonyl (C=O) groups is 2. The van der Waals surface area contributed by atoms with E-state index in [2.05, 4.69) is 5.32 Å². The number of halogens is 1. The minimum absolute atomic E-state index is 0.0397. The lowest BCUT2D eigenvalue weighted by atomic mass is 10.2. The zero-order chi connectivity index (χ0) is 15.2. The molecule has 108 valence electrons. The van der Waals surface area contributed by atoms with E-state index in [1.807, 2.05) is 18.2 Å². The lowest BCUT2D eigenvalue weighted by Crippen LogP contribution is -2.36. The molecule has 2 aromatic carbocycles. The van der Waals surface area contributed by atoms with E-state index < -0.39 is 0 Å². The highest BCUT2D eigenvalue weighted by atomic mass is 35.5. The van der Waals surface area contributed by atoms with Crippen LogP contribution in [0.4, 0.5) is 11.4 Å². The van der Waals surface area contributed by atoms with Crippen molar-refractivity contribution in [2.24, 2.45) is 0 Å². The predicted octanol–water partition coefficient (Wildman–Crippen LogP) is 3.33. The maximum atomic E-state index is 12.0. The smallest absolute Gasteiger partial charge is 0.244 e. The second-order valence-corrected chi connectivity index (χ2v) is 4.93. The zero-order valence-corrected chi connectivity index (χ0v) is 12.3. The Kier molecular flexibility index (Phi) is 4.95. The van der Waals surface area contributed by atoms with Crippen LogP contribution in [0.15, 0.2) is 54.6 Å². The van der Waals surface area contributed by atoms with E-state index in [0.717, 1.165) is 0 Å². The van der Waals surface area contributed by atoms with Gasteiger partial charge < -0.3 is 10.2 Å². The first-order valence-corrected chi connectivity index (χ1v) is 6.82. The van der Waals surface area contributed by atoms with Crippen LogP contribution in [0.2, 0.25) is 5.02 Å². The van der Waals surface area contributed by atoms with E-state index in [-0.39, 0.29) is 18.4 Å². The summed E-state index contributed by atoms with van der Waals surface area (Å²) in [4.78, 5) is 25.2. The molecule has 4 nitrogen and oxygen atoms in total. The van der Waals surface area contributed by atoms with E-state index >= 15 is 0 Å². The lowest BCUT2D eigenvalue weighted by Gasteiger charge is -2.20. The molecule has 0 atom stereocenters. The van der Waals surface area contributed by atoms with Gasteiger partial charge in [-0.15, -0.1) is 0 Å². The highest BCUT2D eigenvalue weighted by molar-refractivity contribution is 6.30. The Balaban J connectivity index is 2.05. The van der Waals surface area contributed by atoms with Crippen molar-refractivity contribution in [3.05, 3.63) is 59.6 Å². The molecule has 5 heteroatoms. The standard InChI is InChI=1S/C16H15ClN2O2/c1-12(20)19(15-5-3-2-4-6-15)11-16(21)18-14-9-7-13(17)8-10-14/h2-10H,11H2,1H3,(H,18,21). The topological polar surface area (TPSA) is 49.4 Å². The summed E-state index contributed by atoms with van der Waals surface area (Å²) in [6.45, 7) is 1.39. The van der Waals surface area contributed by atoms with Crippen LogP contribution in [0.25, 0.3) is 0 Å². The number of benzene rings is 2. The van der Waals surface area contributed by atoms with Crippen molar-refractivity contribution in [3.63, 3.8) is 0 Å². The van der Waals surface area contributed by atoms with Gasteiger partial charge in [0, 0.05) is 23.3 Å². The summed E-state index contributed by atoms with van der Waals surface area (Å²) in [6, 6.07) is 15.9. The second-order valence-electron chi connectivity index (χ2n) is 4.50. The maximum Gasteiger partial charge on any atom is 0.244 e. The van der Waals surface area contributed by atoms with Gasteiger partial charge in [0.15, 0.2) is 0 Å². The average Bonchev–Trinajstić information content (AvgIpc) is 2.48. The van der Waals surface area contributed by atoms with E-state index in [0.29, 0.717) is 16.4 Å². The molecule has 0 fully saturated rings. The van der Waals surface area contributed by atoms with E-state index in [1.165, 1.54) is 11.8 Å². The van der Waals surface area contributed by atoms with Crippen molar-refractivity contribution in [1.29, 1.82) is 0 Å². The van der Waals surface area contributed by atoms with Gasteiger partial charge in [-0.3, -0.25) is 9.59 Å². The monoisotopic (exact) mass is 302 g/mol. The summed E-state index contributed by atoms with van der Waals surface area (Å²) in [5.41, 5.74) is 1.33. The number of hydrogen-bond acceptors (Lipinski definition) is 2. The summed E-state index contributed by atoms with van der Waals surface area (Å²) in [6.07, 6.45) is 0.